The van der Waals surface area contributed by atoms with E-state index in [9.17, 15) is 14.7 Å². The number of fused-ring (bicyclic) bond motifs is 1. The van der Waals surface area contributed by atoms with Crippen LogP contribution in [0.1, 0.15) is 41.2 Å². The molecule has 0 radical (unpaired) electrons. The van der Waals surface area contributed by atoms with Crippen LogP contribution >= 0.6 is 0 Å². The predicted molar refractivity (Wildman–Crippen MR) is 85.7 cm³/mol. The van der Waals surface area contributed by atoms with E-state index in [0.717, 1.165) is 48.8 Å². The number of carbonyl (C=O) groups is 2. The number of nitrogens with zero attached hydrogens (tertiary/aromatic N) is 2. The van der Waals surface area contributed by atoms with Gasteiger partial charge < -0.3 is 14.8 Å². The third kappa shape index (κ3) is 2.82. The molecule has 0 saturated carbocycles. The Labute approximate surface area is 133 Å². The lowest BCUT2D eigenvalue weighted by molar-refractivity contribution is -0.144. The first kappa shape index (κ1) is 15.6. The number of aryl methyl sites for hydroxylation is 1. The standard InChI is InChI=1S/C17H20N2O4/c1-18-10-13(12-6-5-11(16(20)21)9-14(12)18)15(17(22)23)19-7-3-2-4-8-19/h5-6,9-10,15H,2-4,7-8H2,1H3,(H,20,21)(H,22,23). The molecule has 6 heteroatoms. The van der Waals surface area contributed by atoms with Gasteiger partial charge >= 0.3 is 11.9 Å². The lowest BCUT2D eigenvalue weighted by Gasteiger charge is -2.31. The van der Waals surface area contributed by atoms with Gasteiger partial charge in [-0.1, -0.05) is 12.5 Å². The zero-order chi connectivity index (χ0) is 16.6. The summed E-state index contributed by atoms with van der Waals surface area (Å²) in [4.78, 5) is 25.0. The van der Waals surface area contributed by atoms with Gasteiger partial charge in [0.25, 0.3) is 0 Å². The summed E-state index contributed by atoms with van der Waals surface area (Å²) in [5.41, 5.74) is 1.67. The first-order valence-corrected chi connectivity index (χ1v) is 7.78. The summed E-state index contributed by atoms with van der Waals surface area (Å²) in [7, 11) is 1.81. The minimum absolute atomic E-state index is 0.204. The van der Waals surface area contributed by atoms with Gasteiger partial charge in [0.05, 0.1) is 5.56 Å². The average Bonchev–Trinajstić information content (AvgIpc) is 2.85. The maximum atomic E-state index is 11.9. The quantitative estimate of drug-likeness (QED) is 0.905. The molecule has 0 aliphatic carbocycles. The van der Waals surface area contributed by atoms with Crippen LogP contribution in [0.25, 0.3) is 10.9 Å². The number of benzene rings is 1. The van der Waals surface area contributed by atoms with Crippen LogP contribution in [0.15, 0.2) is 24.4 Å². The van der Waals surface area contributed by atoms with Gasteiger partial charge in [-0.2, -0.15) is 0 Å². The topological polar surface area (TPSA) is 82.8 Å². The number of piperidine rings is 1. The van der Waals surface area contributed by atoms with E-state index >= 15 is 0 Å². The third-order valence-electron chi connectivity index (χ3n) is 4.55. The SMILES string of the molecule is Cn1cc(C(C(=O)O)N2CCCCC2)c2ccc(C(=O)O)cc21. The summed E-state index contributed by atoms with van der Waals surface area (Å²) in [5.74, 6) is -1.85. The smallest absolute Gasteiger partial charge is 0.335 e. The molecule has 1 unspecified atom stereocenters. The minimum Gasteiger partial charge on any atom is -0.480 e. The van der Waals surface area contributed by atoms with Crippen molar-refractivity contribution in [2.45, 2.75) is 25.3 Å². The van der Waals surface area contributed by atoms with E-state index in [1.54, 1.807) is 16.7 Å². The van der Waals surface area contributed by atoms with Crippen molar-refractivity contribution in [1.29, 1.82) is 0 Å². The van der Waals surface area contributed by atoms with Gasteiger partial charge in [0.2, 0.25) is 0 Å². The van der Waals surface area contributed by atoms with Crippen LogP contribution in [0.4, 0.5) is 0 Å². The maximum absolute atomic E-state index is 11.9. The highest BCUT2D eigenvalue weighted by atomic mass is 16.4. The number of aliphatic carboxylic acids is 1. The lowest BCUT2D eigenvalue weighted by Crippen LogP contribution is -2.37. The molecule has 1 aliphatic heterocycles. The van der Waals surface area contributed by atoms with E-state index < -0.39 is 18.0 Å². The summed E-state index contributed by atoms with van der Waals surface area (Å²) < 4.78 is 1.80. The Bertz CT molecular complexity index is 759. The van der Waals surface area contributed by atoms with E-state index in [2.05, 4.69) is 0 Å². The Hall–Kier alpha value is -2.34. The summed E-state index contributed by atoms with van der Waals surface area (Å²) in [6.07, 6.45) is 4.97. The second-order valence-electron chi connectivity index (χ2n) is 6.07. The van der Waals surface area contributed by atoms with Crippen molar-refractivity contribution < 1.29 is 19.8 Å². The van der Waals surface area contributed by atoms with Gasteiger partial charge in [-0.3, -0.25) is 9.69 Å². The fourth-order valence-electron chi connectivity index (χ4n) is 3.43. The monoisotopic (exact) mass is 316 g/mol. The molecule has 0 amide bonds. The molecule has 0 bridgehead atoms. The summed E-state index contributed by atoms with van der Waals surface area (Å²) in [5, 5.41) is 19.7. The predicted octanol–water partition coefficient (Wildman–Crippen LogP) is 2.49. The number of likely N-dealkylation sites (tertiary alicyclic amines) is 1. The maximum Gasteiger partial charge on any atom is 0.335 e. The Balaban J connectivity index is 2.09. The van der Waals surface area contributed by atoms with Gasteiger partial charge in [-0.15, -0.1) is 0 Å². The molecule has 6 nitrogen and oxygen atoms in total. The highest BCUT2D eigenvalue weighted by Crippen LogP contribution is 2.32. The fraction of sp³-hybridized carbons (Fsp3) is 0.412. The van der Waals surface area contributed by atoms with Crippen LogP contribution in [-0.2, 0) is 11.8 Å². The Morgan fingerprint density at radius 1 is 1.13 bits per heavy atom. The molecule has 2 heterocycles. The summed E-state index contributed by atoms with van der Waals surface area (Å²) in [6.45, 7) is 1.56. The number of aromatic carboxylic acids is 1. The van der Waals surface area contributed by atoms with Gasteiger partial charge in [-0.05, 0) is 38.1 Å². The zero-order valence-corrected chi connectivity index (χ0v) is 13.0. The molecule has 23 heavy (non-hydrogen) atoms. The van der Waals surface area contributed by atoms with E-state index in [1.807, 2.05) is 18.1 Å². The lowest BCUT2D eigenvalue weighted by atomic mass is 10.0. The molecule has 0 spiro atoms. The van der Waals surface area contributed by atoms with Crippen LogP contribution in [0, 0.1) is 0 Å². The molecule has 3 rings (SSSR count). The number of hydrogen-bond donors (Lipinski definition) is 2. The van der Waals surface area contributed by atoms with Crippen molar-refractivity contribution in [1.82, 2.24) is 9.47 Å². The fourth-order valence-corrected chi connectivity index (χ4v) is 3.43. The molecule has 1 fully saturated rings. The van der Waals surface area contributed by atoms with Crippen molar-refractivity contribution >= 4 is 22.8 Å². The molecule has 1 aromatic heterocycles. The molecular formula is C17H20N2O4. The molecule has 1 aromatic carbocycles. The van der Waals surface area contributed by atoms with E-state index in [-0.39, 0.29) is 5.56 Å². The third-order valence-corrected chi connectivity index (χ3v) is 4.55. The van der Waals surface area contributed by atoms with Crippen LogP contribution in [-0.4, -0.2) is 44.7 Å². The number of rotatable bonds is 4. The molecule has 2 aromatic rings. The Morgan fingerprint density at radius 3 is 2.43 bits per heavy atom. The van der Waals surface area contributed by atoms with Crippen LogP contribution in [0.3, 0.4) is 0 Å². The van der Waals surface area contributed by atoms with Crippen molar-refractivity contribution in [2.24, 2.45) is 7.05 Å². The number of hydrogen-bond acceptors (Lipinski definition) is 3. The van der Waals surface area contributed by atoms with Crippen LogP contribution in [0.2, 0.25) is 0 Å². The Morgan fingerprint density at radius 2 is 1.83 bits per heavy atom. The first-order valence-electron chi connectivity index (χ1n) is 7.78. The first-order chi connectivity index (χ1) is 11.0. The summed E-state index contributed by atoms with van der Waals surface area (Å²) >= 11 is 0. The highest BCUT2D eigenvalue weighted by molar-refractivity contribution is 5.96. The van der Waals surface area contributed by atoms with Gasteiger partial charge in [-0.25, -0.2) is 4.79 Å². The second-order valence-corrected chi connectivity index (χ2v) is 6.07. The van der Waals surface area contributed by atoms with E-state index in [4.69, 9.17) is 5.11 Å². The van der Waals surface area contributed by atoms with Crippen molar-refractivity contribution in [3.8, 4) is 0 Å². The van der Waals surface area contributed by atoms with Crippen LogP contribution in [0.5, 0.6) is 0 Å². The van der Waals surface area contributed by atoms with Crippen molar-refractivity contribution in [2.75, 3.05) is 13.1 Å². The van der Waals surface area contributed by atoms with E-state index in [1.165, 1.54) is 6.07 Å². The second kappa shape index (κ2) is 6.04. The molecular weight excluding hydrogens is 296 g/mol. The minimum atomic E-state index is -0.986. The molecule has 2 N–H and O–H groups in total. The van der Waals surface area contributed by atoms with E-state index in [0.29, 0.717) is 0 Å². The Kier molecular flexibility index (Phi) is 4.09. The van der Waals surface area contributed by atoms with Crippen LogP contribution < -0.4 is 0 Å². The van der Waals surface area contributed by atoms with Gasteiger partial charge in [0, 0.05) is 29.7 Å². The highest BCUT2D eigenvalue weighted by Gasteiger charge is 2.31. The molecule has 122 valence electrons. The summed E-state index contributed by atoms with van der Waals surface area (Å²) in [6, 6.07) is 4.16. The van der Waals surface area contributed by atoms with Crippen molar-refractivity contribution in [3.05, 3.63) is 35.5 Å². The molecule has 1 saturated heterocycles. The zero-order valence-electron chi connectivity index (χ0n) is 13.0. The average molecular weight is 316 g/mol. The van der Waals surface area contributed by atoms with Gasteiger partial charge in [0.15, 0.2) is 0 Å². The number of carboxylic acids is 2. The number of carboxylic acid groups (broad SMARTS) is 2. The van der Waals surface area contributed by atoms with Gasteiger partial charge in [0.1, 0.15) is 6.04 Å². The number of aromatic nitrogens is 1. The normalized spacial score (nSPS) is 17.3. The van der Waals surface area contributed by atoms with Crippen molar-refractivity contribution in [3.63, 3.8) is 0 Å². The molecule has 1 atom stereocenters. The molecule has 1 aliphatic rings. The largest absolute Gasteiger partial charge is 0.480 e.